The molecule has 0 spiro atoms. The minimum atomic E-state index is 0.486. The number of alkyl halides is 1. The Bertz CT molecular complexity index is 478. The number of nitrogens with zero attached hydrogens (tertiary/aromatic N) is 3. The van der Waals surface area contributed by atoms with Crippen LogP contribution in [0.1, 0.15) is 18.2 Å². The number of pyridine rings is 1. The van der Waals surface area contributed by atoms with E-state index in [1.807, 2.05) is 16.8 Å². The first-order valence-corrected chi connectivity index (χ1v) is 6.32. The molecule has 0 fully saturated rings. The summed E-state index contributed by atoms with van der Waals surface area (Å²) in [5, 5.41) is 4.31. The highest BCUT2D eigenvalue weighted by Crippen LogP contribution is 2.17. The van der Waals surface area contributed by atoms with Gasteiger partial charge in [0.2, 0.25) is 0 Å². The average molecular weight is 301 g/mol. The Morgan fingerprint density at radius 1 is 1.38 bits per heavy atom. The molecule has 2 aromatic heterocycles. The van der Waals surface area contributed by atoms with Crippen molar-refractivity contribution in [2.45, 2.75) is 19.2 Å². The Kier molecular flexibility index (Phi) is 3.61. The summed E-state index contributed by atoms with van der Waals surface area (Å²) in [5.41, 5.74) is 2.18. The molecule has 2 heterocycles. The van der Waals surface area contributed by atoms with E-state index in [1.165, 1.54) is 0 Å². The molecule has 0 atom stereocenters. The maximum Gasteiger partial charge on any atom is 0.153 e. The van der Waals surface area contributed by atoms with E-state index in [0.717, 1.165) is 28.0 Å². The third-order valence-corrected chi connectivity index (χ3v) is 3.12. The van der Waals surface area contributed by atoms with Crippen molar-refractivity contribution in [3.05, 3.63) is 40.3 Å². The van der Waals surface area contributed by atoms with E-state index in [-0.39, 0.29) is 0 Å². The molecule has 3 nitrogen and oxygen atoms in total. The predicted molar refractivity (Wildman–Crippen MR) is 68.0 cm³/mol. The second kappa shape index (κ2) is 4.97. The average Bonchev–Trinajstić information content (AvgIpc) is 2.72. The highest BCUT2D eigenvalue weighted by atomic mass is 79.9. The Hall–Kier alpha value is -0.870. The molecule has 0 amide bonds. The minimum Gasteiger partial charge on any atom is -0.236 e. The van der Waals surface area contributed by atoms with Crippen molar-refractivity contribution in [1.82, 2.24) is 14.8 Å². The van der Waals surface area contributed by atoms with Crippen LogP contribution < -0.4 is 0 Å². The van der Waals surface area contributed by atoms with Gasteiger partial charge in [-0.1, -0.05) is 6.92 Å². The Morgan fingerprint density at radius 2 is 2.19 bits per heavy atom. The maximum absolute atomic E-state index is 5.86. The van der Waals surface area contributed by atoms with Crippen LogP contribution in [0.25, 0.3) is 5.82 Å². The van der Waals surface area contributed by atoms with Crippen LogP contribution in [-0.4, -0.2) is 14.8 Å². The lowest BCUT2D eigenvalue weighted by Gasteiger charge is -2.05. The molecule has 0 unspecified atom stereocenters. The Balaban J connectivity index is 2.47. The fourth-order valence-corrected chi connectivity index (χ4v) is 2.04. The summed E-state index contributed by atoms with van der Waals surface area (Å²) in [5.74, 6) is 1.30. The Morgan fingerprint density at radius 3 is 2.75 bits per heavy atom. The van der Waals surface area contributed by atoms with Crippen molar-refractivity contribution < 1.29 is 0 Å². The van der Waals surface area contributed by atoms with E-state index in [9.17, 15) is 0 Å². The van der Waals surface area contributed by atoms with Gasteiger partial charge in [-0.05, 0) is 34.5 Å². The summed E-state index contributed by atoms with van der Waals surface area (Å²) in [6, 6.07) is 3.87. The second-order valence-corrected chi connectivity index (χ2v) is 4.53. The molecular weight excluding hydrogens is 289 g/mol. The summed E-state index contributed by atoms with van der Waals surface area (Å²) in [6.45, 7) is 2.09. The van der Waals surface area contributed by atoms with Crippen molar-refractivity contribution in [2.75, 3.05) is 0 Å². The zero-order chi connectivity index (χ0) is 11.5. The summed E-state index contributed by atoms with van der Waals surface area (Å²) in [4.78, 5) is 4.32. The molecule has 0 saturated carbocycles. The number of hydrogen-bond acceptors (Lipinski definition) is 2. The van der Waals surface area contributed by atoms with E-state index in [2.05, 4.69) is 32.9 Å². The lowest BCUT2D eigenvalue weighted by Crippen LogP contribution is -2.04. The van der Waals surface area contributed by atoms with E-state index >= 15 is 0 Å². The highest BCUT2D eigenvalue weighted by molar-refractivity contribution is 9.10. The van der Waals surface area contributed by atoms with Gasteiger partial charge in [-0.15, -0.1) is 11.6 Å². The summed E-state index contributed by atoms with van der Waals surface area (Å²) >= 11 is 9.21. The van der Waals surface area contributed by atoms with E-state index < -0.39 is 0 Å². The SMILES string of the molecule is CCc1c(CCl)cnn1-c1ccc(Br)cn1. The molecule has 0 aliphatic rings. The van der Waals surface area contributed by atoms with Gasteiger partial charge >= 0.3 is 0 Å². The predicted octanol–water partition coefficient (Wildman–Crippen LogP) is 3.33. The standard InChI is InChI=1S/C11H11BrClN3/c1-2-10-8(5-13)6-15-16(10)11-4-3-9(12)7-14-11/h3-4,6-7H,2,5H2,1H3. The van der Waals surface area contributed by atoms with Crippen LogP contribution >= 0.6 is 27.5 Å². The molecule has 0 saturated heterocycles. The third-order valence-electron chi connectivity index (χ3n) is 2.36. The van der Waals surface area contributed by atoms with Gasteiger partial charge < -0.3 is 0 Å². The highest BCUT2D eigenvalue weighted by Gasteiger charge is 2.10. The van der Waals surface area contributed by atoms with E-state index in [1.54, 1.807) is 12.4 Å². The number of halogens is 2. The fraction of sp³-hybridized carbons (Fsp3) is 0.273. The summed E-state index contributed by atoms with van der Waals surface area (Å²) < 4.78 is 2.79. The van der Waals surface area contributed by atoms with Crippen LogP contribution in [0.15, 0.2) is 29.0 Å². The van der Waals surface area contributed by atoms with Gasteiger partial charge in [0.1, 0.15) is 0 Å². The smallest absolute Gasteiger partial charge is 0.153 e. The lowest BCUT2D eigenvalue weighted by atomic mass is 10.2. The molecule has 84 valence electrons. The molecule has 2 aromatic rings. The van der Waals surface area contributed by atoms with Gasteiger partial charge in [0, 0.05) is 16.2 Å². The van der Waals surface area contributed by atoms with E-state index in [0.29, 0.717) is 5.88 Å². The topological polar surface area (TPSA) is 30.7 Å². The first-order valence-electron chi connectivity index (χ1n) is 5.00. The van der Waals surface area contributed by atoms with E-state index in [4.69, 9.17) is 11.6 Å². The zero-order valence-electron chi connectivity index (χ0n) is 8.82. The first kappa shape index (κ1) is 11.6. The molecule has 0 aliphatic heterocycles. The number of aromatic nitrogens is 3. The molecule has 0 N–H and O–H groups in total. The molecule has 2 rings (SSSR count). The summed E-state index contributed by atoms with van der Waals surface area (Å²) in [6.07, 6.45) is 4.45. The third kappa shape index (κ3) is 2.13. The van der Waals surface area contributed by atoms with Crippen molar-refractivity contribution in [1.29, 1.82) is 0 Å². The van der Waals surface area contributed by atoms with Gasteiger partial charge in [-0.3, -0.25) is 0 Å². The fourth-order valence-electron chi connectivity index (χ4n) is 1.59. The Labute approximate surface area is 108 Å². The van der Waals surface area contributed by atoms with Crippen molar-refractivity contribution in [3.63, 3.8) is 0 Å². The number of rotatable bonds is 3. The van der Waals surface area contributed by atoms with Crippen molar-refractivity contribution in [3.8, 4) is 5.82 Å². The number of hydrogen-bond donors (Lipinski definition) is 0. The van der Waals surface area contributed by atoms with Gasteiger partial charge in [-0.2, -0.15) is 5.10 Å². The van der Waals surface area contributed by atoms with Gasteiger partial charge in [0.15, 0.2) is 5.82 Å². The van der Waals surface area contributed by atoms with Crippen molar-refractivity contribution >= 4 is 27.5 Å². The zero-order valence-corrected chi connectivity index (χ0v) is 11.2. The quantitative estimate of drug-likeness (QED) is 0.814. The van der Waals surface area contributed by atoms with Crippen molar-refractivity contribution in [2.24, 2.45) is 0 Å². The molecule has 0 radical (unpaired) electrons. The monoisotopic (exact) mass is 299 g/mol. The molecule has 0 bridgehead atoms. The van der Waals surface area contributed by atoms with Crippen LogP contribution in [0, 0.1) is 0 Å². The molecule has 5 heteroatoms. The molecular formula is C11H11BrClN3. The van der Waals surface area contributed by atoms with Crippen LogP contribution in [0.3, 0.4) is 0 Å². The van der Waals surface area contributed by atoms with Gasteiger partial charge in [0.05, 0.1) is 17.8 Å². The van der Waals surface area contributed by atoms with Crippen LogP contribution in [-0.2, 0) is 12.3 Å². The first-order chi connectivity index (χ1) is 7.76. The van der Waals surface area contributed by atoms with Crippen LogP contribution in [0.2, 0.25) is 0 Å². The van der Waals surface area contributed by atoms with Gasteiger partial charge in [-0.25, -0.2) is 9.67 Å². The molecule has 0 aliphatic carbocycles. The normalized spacial score (nSPS) is 10.7. The maximum atomic E-state index is 5.86. The lowest BCUT2D eigenvalue weighted by molar-refractivity contribution is 0.786. The molecule has 16 heavy (non-hydrogen) atoms. The van der Waals surface area contributed by atoms with Crippen LogP contribution in [0.4, 0.5) is 0 Å². The largest absolute Gasteiger partial charge is 0.236 e. The summed E-state index contributed by atoms with van der Waals surface area (Å²) in [7, 11) is 0. The second-order valence-electron chi connectivity index (χ2n) is 3.35. The minimum absolute atomic E-state index is 0.486. The van der Waals surface area contributed by atoms with Gasteiger partial charge in [0.25, 0.3) is 0 Å². The molecule has 0 aromatic carbocycles. The van der Waals surface area contributed by atoms with Crippen LogP contribution in [0.5, 0.6) is 0 Å².